The minimum Gasteiger partial charge on any atom is -0.359 e. The topological polar surface area (TPSA) is 57.7 Å². The third-order valence-corrected chi connectivity index (χ3v) is 6.57. The molecular formula is C22H16Cl2N2O3. The van der Waals surface area contributed by atoms with Gasteiger partial charge in [-0.3, -0.25) is 14.4 Å². The molecular weight excluding hydrogens is 411 g/mol. The molecule has 3 aliphatic rings. The maximum absolute atomic E-state index is 13.5. The molecule has 0 saturated carbocycles. The van der Waals surface area contributed by atoms with E-state index in [0.29, 0.717) is 10.7 Å². The van der Waals surface area contributed by atoms with Gasteiger partial charge in [-0.15, -0.1) is 0 Å². The second kappa shape index (κ2) is 6.44. The van der Waals surface area contributed by atoms with Crippen LogP contribution in [0.15, 0.2) is 48.7 Å². The molecule has 146 valence electrons. The molecule has 29 heavy (non-hydrogen) atoms. The SMILES string of the molecule is CC(=O)C1C2C(=O)N(c3ccc(Cl)cc3Cl)C(=O)C2C2c3ccccc3C=CN12. The zero-order valence-electron chi connectivity index (χ0n) is 15.4. The lowest BCUT2D eigenvalue weighted by molar-refractivity contribution is -0.129. The molecule has 0 N–H and O–H groups in total. The van der Waals surface area contributed by atoms with Crippen LogP contribution in [-0.2, 0) is 14.4 Å². The van der Waals surface area contributed by atoms with E-state index >= 15 is 0 Å². The Hall–Kier alpha value is -2.63. The number of imide groups is 1. The van der Waals surface area contributed by atoms with Crippen LogP contribution in [-0.4, -0.2) is 28.5 Å². The highest BCUT2D eigenvalue weighted by molar-refractivity contribution is 6.38. The highest BCUT2D eigenvalue weighted by Crippen LogP contribution is 2.53. The monoisotopic (exact) mass is 426 g/mol. The van der Waals surface area contributed by atoms with E-state index in [-0.39, 0.29) is 22.8 Å². The first-order valence-corrected chi connectivity index (χ1v) is 10.0. The van der Waals surface area contributed by atoms with Gasteiger partial charge in [0, 0.05) is 11.2 Å². The lowest BCUT2D eigenvalue weighted by Crippen LogP contribution is -2.43. The van der Waals surface area contributed by atoms with Gasteiger partial charge in [-0.05, 0) is 42.3 Å². The Bertz CT molecular complexity index is 1110. The van der Waals surface area contributed by atoms with Gasteiger partial charge in [0.2, 0.25) is 11.8 Å². The summed E-state index contributed by atoms with van der Waals surface area (Å²) in [4.78, 5) is 42.5. The minimum absolute atomic E-state index is 0.142. The molecule has 2 aromatic carbocycles. The van der Waals surface area contributed by atoms with Gasteiger partial charge in [0.1, 0.15) is 0 Å². The molecule has 0 aromatic heterocycles. The summed E-state index contributed by atoms with van der Waals surface area (Å²) in [5.41, 5.74) is 2.23. The molecule has 2 amide bonds. The van der Waals surface area contributed by atoms with E-state index in [9.17, 15) is 14.4 Å². The summed E-state index contributed by atoms with van der Waals surface area (Å²) in [7, 11) is 0. The molecule has 4 atom stereocenters. The number of rotatable bonds is 2. The largest absolute Gasteiger partial charge is 0.359 e. The van der Waals surface area contributed by atoms with Crippen molar-refractivity contribution < 1.29 is 14.4 Å². The highest BCUT2D eigenvalue weighted by atomic mass is 35.5. The fourth-order valence-corrected chi connectivity index (χ4v) is 5.41. The summed E-state index contributed by atoms with van der Waals surface area (Å²) < 4.78 is 0. The number of amides is 2. The molecule has 2 fully saturated rings. The van der Waals surface area contributed by atoms with Crippen LogP contribution in [0.4, 0.5) is 5.69 Å². The Labute approximate surface area is 177 Å². The molecule has 0 bridgehead atoms. The van der Waals surface area contributed by atoms with Crippen LogP contribution >= 0.6 is 23.2 Å². The maximum Gasteiger partial charge on any atom is 0.240 e. The van der Waals surface area contributed by atoms with Crippen molar-refractivity contribution in [1.82, 2.24) is 4.90 Å². The quantitative estimate of drug-likeness (QED) is 0.678. The number of hydrogen-bond donors (Lipinski definition) is 0. The van der Waals surface area contributed by atoms with Crippen molar-refractivity contribution in [2.24, 2.45) is 11.8 Å². The predicted octanol–water partition coefficient (Wildman–Crippen LogP) is 4.10. The summed E-state index contributed by atoms with van der Waals surface area (Å²) in [6.45, 7) is 1.47. The number of carbonyl (C=O) groups excluding carboxylic acids is 3. The molecule has 0 aliphatic carbocycles. The van der Waals surface area contributed by atoms with Crippen molar-refractivity contribution in [2.75, 3.05) is 4.90 Å². The zero-order valence-corrected chi connectivity index (χ0v) is 16.9. The summed E-state index contributed by atoms with van der Waals surface area (Å²) in [6, 6.07) is 11.3. The van der Waals surface area contributed by atoms with Crippen LogP contribution in [0, 0.1) is 11.8 Å². The van der Waals surface area contributed by atoms with Crippen molar-refractivity contribution in [3.8, 4) is 0 Å². The number of benzene rings is 2. The number of Topliss-reactive ketones (excluding diaryl/α,β-unsaturated/α-hetero) is 1. The van der Waals surface area contributed by atoms with Gasteiger partial charge in [0.15, 0.2) is 5.78 Å². The van der Waals surface area contributed by atoms with Crippen molar-refractivity contribution in [3.63, 3.8) is 0 Å². The average Bonchev–Trinajstić information content (AvgIpc) is 3.16. The number of ketones is 1. The summed E-state index contributed by atoms with van der Waals surface area (Å²) in [5, 5.41) is 0.636. The van der Waals surface area contributed by atoms with E-state index in [1.807, 2.05) is 41.4 Å². The first-order valence-electron chi connectivity index (χ1n) is 9.28. The lowest BCUT2D eigenvalue weighted by Gasteiger charge is -2.35. The number of anilines is 1. The Morgan fingerprint density at radius 3 is 2.45 bits per heavy atom. The van der Waals surface area contributed by atoms with Gasteiger partial charge >= 0.3 is 0 Å². The number of halogens is 2. The number of fused-ring (bicyclic) bond motifs is 5. The molecule has 0 radical (unpaired) electrons. The maximum atomic E-state index is 13.5. The smallest absolute Gasteiger partial charge is 0.240 e. The average molecular weight is 427 g/mol. The first kappa shape index (κ1) is 18.4. The third-order valence-electron chi connectivity index (χ3n) is 6.03. The van der Waals surface area contributed by atoms with E-state index < -0.39 is 23.8 Å². The Balaban J connectivity index is 1.66. The first-order chi connectivity index (χ1) is 13.9. The molecule has 2 saturated heterocycles. The molecule has 4 unspecified atom stereocenters. The van der Waals surface area contributed by atoms with Crippen LogP contribution in [0.5, 0.6) is 0 Å². The van der Waals surface area contributed by atoms with Crippen LogP contribution in [0.1, 0.15) is 24.1 Å². The van der Waals surface area contributed by atoms with Crippen LogP contribution in [0.25, 0.3) is 6.08 Å². The van der Waals surface area contributed by atoms with Gasteiger partial charge in [-0.2, -0.15) is 0 Å². The highest BCUT2D eigenvalue weighted by Gasteiger charge is 2.64. The fourth-order valence-electron chi connectivity index (χ4n) is 4.92. The number of nitrogens with zero attached hydrogens (tertiary/aromatic N) is 2. The van der Waals surface area contributed by atoms with E-state index in [2.05, 4.69) is 0 Å². The molecule has 2 aromatic rings. The van der Waals surface area contributed by atoms with Crippen LogP contribution in [0.3, 0.4) is 0 Å². The van der Waals surface area contributed by atoms with E-state index in [4.69, 9.17) is 23.2 Å². The minimum atomic E-state index is -0.757. The van der Waals surface area contributed by atoms with Crippen molar-refractivity contribution in [3.05, 3.63) is 69.8 Å². The van der Waals surface area contributed by atoms with Crippen LogP contribution in [0.2, 0.25) is 10.0 Å². The van der Waals surface area contributed by atoms with Gasteiger partial charge in [-0.1, -0.05) is 47.5 Å². The lowest BCUT2D eigenvalue weighted by atomic mass is 9.84. The fraction of sp³-hybridized carbons (Fsp3) is 0.227. The standard InChI is InChI=1S/C22H16Cl2N2O3/c1-11(27)19-17-18(20-14-5-3-2-4-12(14)8-9-25(19)20)22(29)26(21(17)28)16-7-6-13(23)10-15(16)24/h2-10,17-20H,1H3. The van der Waals surface area contributed by atoms with Crippen molar-refractivity contribution in [1.29, 1.82) is 0 Å². The van der Waals surface area contributed by atoms with Gasteiger partial charge in [0.05, 0.1) is 34.6 Å². The van der Waals surface area contributed by atoms with Crippen molar-refractivity contribution >= 4 is 52.6 Å². The van der Waals surface area contributed by atoms with Gasteiger partial charge in [0.25, 0.3) is 0 Å². The third kappa shape index (κ3) is 2.51. The van der Waals surface area contributed by atoms with E-state index in [1.165, 1.54) is 13.0 Å². The summed E-state index contributed by atoms with van der Waals surface area (Å²) >= 11 is 12.3. The molecule has 5 rings (SSSR count). The van der Waals surface area contributed by atoms with Gasteiger partial charge < -0.3 is 4.90 Å². The van der Waals surface area contributed by atoms with Crippen molar-refractivity contribution in [2.45, 2.75) is 19.0 Å². The second-order valence-electron chi connectivity index (χ2n) is 7.55. The predicted molar refractivity (Wildman–Crippen MR) is 110 cm³/mol. The second-order valence-corrected chi connectivity index (χ2v) is 8.40. The Morgan fingerprint density at radius 2 is 1.72 bits per heavy atom. The molecule has 7 heteroatoms. The van der Waals surface area contributed by atoms with E-state index in [0.717, 1.165) is 16.0 Å². The zero-order chi connectivity index (χ0) is 20.4. The molecule has 3 aliphatic heterocycles. The van der Waals surface area contributed by atoms with E-state index in [1.54, 1.807) is 12.1 Å². The molecule has 0 spiro atoms. The molecule has 3 heterocycles. The van der Waals surface area contributed by atoms with Gasteiger partial charge in [-0.25, -0.2) is 4.90 Å². The number of hydrogen-bond acceptors (Lipinski definition) is 4. The van der Waals surface area contributed by atoms with Crippen LogP contribution < -0.4 is 4.90 Å². The molecule has 5 nitrogen and oxygen atoms in total. The Morgan fingerprint density at radius 1 is 1.00 bits per heavy atom. The number of carbonyl (C=O) groups is 3. The Kier molecular flexibility index (Phi) is 4.09. The summed E-state index contributed by atoms with van der Waals surface area (Å²) in [6.07, 6.45) is 3.75. The summed E-state index contributed by atoms with van der Waals surface area (Å²) in [5.74, 6) is -2.30. The normalized spacial score (nSPS) is 27.1.